The van der Waals surface area contributed by atoms with Gasteiger partial charge in [-0.05, 0) is 50.2 Å². The largest absolute Gasteiger partial charge is 0.310 e. The molecule has 1 saturated heterocycles. The van der Waals surface area contributed by atoms with E-state index in [1.54, 1.807) is 0 Å². The van der Waals surface area contributed by atoms with Crippen LogP contribution in [0.3, 0.4) is 0 Å². The van der Waals surface area contributed by atoms with Gasteiger partial charge in [0.15, 0.2) is 0 Å². The molecule has 1 fully saturated rings. The topological polar surface area (TPSA) is 33.1 Å². The monoisotopic (exact) mass is 284 g/mol. The highest BCUT2D eigenvalue weighted by molar-refractivity contribution is 5.40. The molecule has 1 N–H and O–H groups in total. The summed E-state index contributed by atoms with van der Waals surface area (Å²) in [6, 6.07) is 11.1. The number of benzene rings is 1. The minimum absolute atomic E-state index is 0.637. The summed E-state index contributed by atoms with van der Waals surface area (Å²) in [5, 5.41) is 8.06. The highest BCUT2D eigenvalue weighted by atomic mass is 15.3. The number of piperidine rings is 1. The maximum atomic E-state index is 4.35. The zero-order valence-electron chi connectivity index (χ0n) is 12.7. The van der Waals surface area contributed by atoms with Crippen molar-refractivity contribution in [3.8, 4) is 5.69 Å². The van der Waals surface area contributed by atoms with Crippen LogP contribution in [-0.2, 0) is 6.54 Å². The van der Waals surface area contributed by atoms with Crippen molar-refractivity contribution in [1.82, 2.24) is 20.0 Å². The molecule has 1 aliphatic rings. The summed E-state index contributed by atoms with van der Waals surface area (Å²) in [5.41, 5.74) is 2.47. The Morgan fingerprint density at radius 2 is 2.00 bits per heavy atom. The van der Waals surface area contributed by atoms with Crippen molar-refractivity contribution in [2.24, 2.45) is 0 Å². The molecule has 0 unspecified atom stereocenters. The lowest BCUT2D eigenvalue weighted by Gasteiger charge is -2.31. The number of nitrogens with zero attached hydrogens (tertiary/aromatic N) is 3. The van der Waals surface area contributed by atoms with Crippen LogP contribution < -0.4 is 5.32 Å². The Labute approximate surface area is 126 Å². The predicted molar refractivity (Wildman–Crippen MR) is 85.5 cm³/mol. The van der Waals surface area contributed by atoms with Gasteiger partial charge in [-0.3, -0.25) is 0 Å². The molecular formula is C17H24N4. The first kappa shape index (κ1) is 14.3. The molecule has 1 aromatic carbocycles. The van der Waals surface area contributed by atoms with Gasteiger partial charge in [0, 0.05) is 25.0 Å². The Morgan fingerprint density at radius 1 is 1.19 bits per heavy atom. The summed E-state index contributed by atoms with van der Waals surface area (Å²) in [5.74, 6) is 0. The van der Waals surface area contributed by atoms with Gasteiger partial charge in [-0.1, -0.05) is 25.1 Å². The normalized spacial score (nSPS) is 17.2. The molecule has 2 heterocycles. The quantitative estimate of drug-likeness (QED) is 0.915. The van der Waals surface area contributed by atoms with Crippen molar-refractivity contribution in [3.05, 3.63) is 48.3 Å². The van der Waals surface area contributed by atoms with Crippen LogP contribution in [0.1, 0.15) is 25.3 Å². The lowest BCUT2D eigenvalue weighted by molar-refractivity contribution is 0.206. The summed E-state index contributed by atoms with van der Waals surface area (Å²) in [7, 11) is 0. The molecule has 0 radical (unpaired) electrons. The number of para-hydroxylation sites is 1. The van der Waals surface area contributed by atoms with Crippen LogP contribution in [0.2, 0.25) is 0 Å². The molecule has 4 heteroatoms. The van der Waals surface area contributed by atoms with Crippen LogP contribution in [-0.4, -0.2) is 40.4 Å². The average molecular weight is 284 g/mol. The molecule has 0 spiro atoms. The summed E-state index contributed by atoms with van der Waals surface area (Å²) >= 11 is 0. The van der Waals surface area contributed by atoms with Crippen molar-refractivity contribution < 1.29 is 0 Å². The standard InChI is InChI=1S/C17H24N4/c1-2-20-12-8-16(9-13-20)18-14-15-6-3-4-7-17(15)21-11-5-10-19-21/h3-7,10-11,16,18H,2,8-9,12-14H2,1H3. The van der Waals surface area contributed by atoms with E-state index in [-0.39, 0.29) is 0 Å². The van der Waals surface area contributed by atoms with E-state index in [9.17, 15) is 0 Å². The summed E-state index contributed by atoms with van der Waals surface area (Å²) in [4.78, 5) is 2.52. The van der Waals surface area contributed by atoms with Crippen LogP contribution in [0.15, 0.2) is 42.7 Å². The first-order valence-electron chi connectivity index (χ1n) is 7.90. The molecule has 0 saturated carbocycles. The molecule has 0 aliphatic carbocycles. The zero-order chi connectivity index (χ0) is 14.5. The number of likely N-dealkylation sites (tertiary alicyclic amines) is 1. The van der Waals surface area contributed by atoms with Crippen LogP contribution in [0.4, 0.5) is 0 Å². The maximum Gasteiger partial charge on any atom is 0.0690 e. The van der Waals surface area contributed by atoms with Crippen LogP contribution in [0.25, 0.3) is 5.69 Å². The third-order valence-electron chi connectivity index (χ3n) is 4.36. The first-order valence-corrected chi connectivity index (χ1v) is 7.90. The molecule has 112 valence electrons. The van der Waals surface area contributed by atoms with E-state index < -0.39 is 0 Å². The van der Waals surface area contributed by atoms with Gasteiger partial charge in [-0.2, -0.15) is 5.10 Å². The Hall–Kier alpha value is -1.65. The van der Waals surface area contributed by atoms with E-state index in [2.05, 4.69) is 46.5 Å². The van der Waals surface area contributed by atoms with E-state index >= 15 is 0 Å². The summed E-state index contributed by atoms with van der Waals surface area (Å²) in [6.07, 6.45) is 6.32. The molecule has 3 rings (SSSR count). The second-order valence-electron chi connectivity index (χ2n) is 5.67. The van der Waals surface area contributed by atoms with Crippen LogP contribution in [0, 0.1) is 0 Å². The molecule has 2 aromatic rings. The third-order valence-corrected chi connectivity index (χ3v) is 4.36. The van der Waals surface area contributed by atoms with Gasteiger partial charge in [-0.25, -0.2) is 4.68 Å². The molecule has 4 nitrogen and oxygen atoms in total. The van der Waals surface area contributed by atoms with Crippen LogP contribution >= 0.6 is 0 Å². The predicted octanol–water partition coefficient (Wildman–Crippen LogP) is 2.45. The number of rotatable bonds is 5. The van der Waals surface area contributed by atoms with Gasteiger partial charge < -0.3 is 10.2 Å². The van der Waals surface area contributed by atoms with E-state index in [1.165, 1.54) is 43.7 Å². The highest BCUT2D eigenvalue weighted by Crippen LogP contribution is 2.15. The molecule has 0 atom stereocenters. The van der Waals surface area contributed by atoms with E-state index in [0.717, 1.165) is 6.54 Å². The second-order valence-corrected chi connectivity index (χ2v) is 5.67. The smallest absolute Gasteiger partial charge is 0.0690 e. The van der Waals surface area contributed by atoms with Gasteiger partial charge in [0.2, 0.25) is 0 Å². The fraction of sp³-hybridized carbons (Fsp3) is 0.471. The van der Waals surface area contributed by atoms with Gasteiger partial charge in [0.1, 0.15) is 0 Å². The Balaban J connectivity index is 1.61. The van der Waals surface area contributed by atoms with Crippen LogP contribution in [0.5, 0.6) is 0 Å². The lowest BCUT2D eigenvalue weighted by atomic mass is 10.0. The molecular weight excluding hydrogens is 260 g/mol. The molecule has 21 heavy (non-hydrogen) atoms. The molecule has 1 aromatic heterocycles. The number of nitrogens with one attached hydrogen (secondary N) is 1. The second kappa shape index (κ2) is 6.87. The van der Waals surface area contributed by atoms with Crippen molar-refractivity contribution in [1.29, 1.82) is 0 Å². The third kappa shape index (κ3) is 3.52. The van der Waals surface area contributed by atoms with E-state index in [1.807, 2.05) is 23.1 Å². The fourth-order valence-electron chi connectivity index (χ4n) is 3.00. The minimum Gasteiger partial charge on any atom is -0.310 e. The van der Waals surface area contributed by atoms with E-state index in [4.69, 9.17) is 0 Å². The van der Waals surface area contributed by atoms with Crippen molar-refractivity contribution in [3.63, 3.8) is 0 Å². The number of aromatic nitrogens is 2. The molecule has 0 bridgehead atoms. The number of hydrogen-bond donors (Lipinski definition) is 1. The Kier molecular flexibility index (Phi) is 4.68. The SMILES string of the molecule is CCN1CCC(NCc2ccccc2-n2cccn2)CC1. The number of hydrogen-bond acceptors (Lipinski definition) is 3. The minimum atomic E-state index is 0.637. The average Bonchev–Trinajstić information content (AvgIpc) is 3.08. The zero-order valence-corrected chi connectivity index (χ0v) is 12.7. The van der Waals surface area contributed by atoms with Gasteiger partial charge >= 0.3 is 0 Å². The van der Waals surface area contributed by atoms with Crippen molar-refractivity contribution >= 4 is 0 Å². The lowest BCUT2D eigenvalue weighted by Crippen LogP contribution is -2.42. The van der Waals surface area contributed by atoms with Crippen molar-refractivity contribution in [2.45, 2.75) is 32.4 Å². The van der Waals surface area contributed by atoms with Gasteiger partial charge in [0.05, 0.1) is 5.69 Å². The van der Waals surface area contributed by atoms with Gasteiger partial charge in [0.25, 0.3) is 0 Å². The van der Waals surface area contributed by atoms with E-state index in [0.29, 0.717) is 6.04 Å². The molecule has 0 amide bonds. The summed E-state index contributed by atoms with van der Waals surface area (Å²) < 4.78 is 1.94. The molecule has 1 aliphatic heterocycles. The maximum absolute atomic E-state index is 4.35. The Bertz CT molecular complexity index is 542. The van der Waals surface area contributed by atoms with Crippen molar-refractivity contribution in [2.75, 3.05) is 19.6 Å². The Morgan fingerprint density at radius 3 is 2.71 bits per heavy atom. The highest BCUT2D eigenvalue weighted by Gasteiger charge is 2.17. The fourth-order valence-corrected chi connectivity index (χ4v) is 3.00. The first-order chi connectivity index (χ1) is 10.4. The summed E-state index contributed by atoms with van der Waals surface area (Å²) in [6.45, 7) is 6.76. The van der Waals surface area contributed by atoms with Gasteiger partial charge in [-0.15, -0.1) is 0 Å².